The van der Waals surface area contributed by atoms with Crippen molar-refractivity contribution in [3.8, 4) is 0 Å². The van der Waals surface area contributed by atoms with Gasteiger partial charge in [0.05, 0.1) is 0 Å². The Bertz CT molecular complexity index is 374. The summed E-state index contributed by atoms with van der Waals surface area (Å²) in [4.78, 5) is 2.29. The predicted molar refractivity (Wildman–Crippen MR) is 74.9 cm³/mol. The molecule has 1 N–H and O–H groups in total. The molecule has 0 aromatic heterocycles. The number of nitrogens with one attached hydrogen (secondary N) is 1. The van der Waals surface area contributed by atoms with Gasteiger partial charge in [-0.2, -0.15) is 0 Å². The lowest BCUT2D eigenvalue weighted by Crippen LogP contribution is -2.22. The van der Waals surface area contributed by atoms with E-state index >= 15 is 0 Å². The van der Waals surface area contributed by atoms with Gasteiger partial charge in [0.15, 0.2) is 0 Å². The maximum absolute atomic E-state index is 6.31. The highest BCUT2D eigenvalue weighted by atomic mass is 35.5. The van der Waals surface area contributed by atoms with Gasteiger partial charge >= 0.3 is 0 Å². The predicted octanol–water partition coefficient (Wildman–Crippen LogP) is 3.44. The summed E-state index contributed by atoms with van der Waals surface area (Å²) in [6.07, 6.45) is 3.77. The molecule has 17 heavy (non-hydrogen) atoms. The van der Waals surface area contributed by atoms with Gasteiger partial charge < -0.3 is 10.2 Å². The number of halogens is 1. The summed E-state index contributed by atoms with van der Waals surface area (Å²) in [7, 11) is 2.13. The number of rotatable bonds is 6. The van der Waals surface area contributed by atoms with Gasteiger partial charge in [-0.1, -0.05) is 24.6 Å². The van der Waals surface area contributed by atoms with Crippen molar-refractivity contribution < 1.29 is 0 Å². The van der Waals surface area contributed by atoms with Crippen molar-refractivity contribution in [3.05, 3.63) is 28.8 Å². The third-order valence-corrected chi connectivity index (χ3v) is 3.56. The van der Waals surface area contributed by atoms with Crippen molar-refractivity contribution in [2.24, 2.45) is 0 Å². The molecule has 94 valence electrons. The highest BCUT2D eigenvalue weighted by molar-refractivity contribution is 6.31. The largest absolute Gasteiger partial charge is 0.374 e. The summed E-state index contributed by atoms with van der Waals surface area (Å²) in [5.74, 6) is 0. The van der Waals surface area contributed by atoms with Gasteiger partial charge in [-0.05, 0) is 31.4 Å². The molecule has 0 radical (unpaired) electrons. The first kappa shape index (κ1) is 12.7. The second-order valence-corrected chi connectivity index (χ2v) is 5.22. The van der Waals surface area contributed by atoms with Crippen LogP contribution in [0.4, 0.5) is 5.69 Å². The molecule has 1 aliphatic carbocycles. The minimum atomic E-state index is 0.718. The van der Waals surface area contributed by atoms with Crippen LogP contribution in [0.1, 0.15) is 31.7 Å². The molecule has 0 amide bonds. The van der Waals surface area contributed by atoms with E-state index < -0.39 is 0 Å². The van der Waals surface area contributed by atoms with Gasteiger partial charge in [-0.25, -0.2) is 0 Å². The van der Waals surface area contributed by atoms with Crippen LogP contribution in [0.5, 0.6) is 0 Å². The summed E-state index contributed by atoms with van der Waals surface area (Å²) in [6, 6.07) is 6.89. The Morgan fingerprint density at radius 1 is 1.41 bits per heavy atom. The molecule has 0 aliphatic heterocycles. The third kappa shape index (κ3) is 3.36. The molecular formula is C14H21ClN2. The molecule has 1 aromatic rings. The third-order valence-electron chi connectivity index (χ3n) is 3.21. The van der Waals surface area contributed by atoms with Crippen LogP contribution in [0, 0.1) is 0 Å². The van der Waals surface area contributed by atoms with Crippen LogP contribution in [0.3, 0.4) is 0 Å². The highest BCUT2D eigenvalue weighted by Crippen LogP contribution is 2.28. The number of benzene rings is 1. The van der Waals surface area contributed by atoms with E-state index in [4.69, 9.17) is 11.6 Å². The minimum Gasteiger partial charge on any atom is -0.374 e. The minimum absolute atomic E-state index is 0.718. The van der Waals surface area contributed by atoms with Crippen LogP contribution in [-0.2, 0) is 6.54 Å². The quantitative estimate of drug-likeness (QED) is 0.835. The first-order chi connectivity index (χ1) is 8.22. The van der Waals surface area contributed by atoms with Gasteiger partial charge in [-0.15, -0.1) is 0 Å². The molecule has 1 aromatic carbocycles. The molecule has 0 heterocycles. The fourth-order valence-corrected chi connectivity index (χ4v) is 2.31. The molecule has 1 saturated carbocycles. The zero-order valence-corrected chi connectivity index (χ0v) is 11.4. The summed E-state index contributed by atoms with van der Waals surface area (Å²) in [5.41, 5.74) is 2.49. The first-order valence-corrected chi connectivity index (χ1v) is 6.82. The molecule has 2 rings (SSSR count). The van der Waals surface area contributed by atoms with Gasteiger partial charge in [0, 0.05) is 42.5 Å². The lowest BCUT2D eigenvalue weighted by atomic mass is 10.1. The van der Waals surface area contributed by atoms with Crippen molar-refractivity contribution in [3.63, 3.8) is 0 Å². The second-order valence-electron chi connectivity index (χ2n) is 4.81. The van der Waals surface area contributed by atoms with Crippen LogP contribution in [0.15, 0.2) is 18.2 Å². The lowest BCUT2D eigenvalue weighted by molar-refractivity contribution is 0.685. The zero-order chi connectivity index (χ0) is 12.3. The maximum Gasteiger partial charge on any atom is 0.0471 e. The molecule has 0 atom stereocenters. The average Bonchev–Trinajstić information content (AvgIpc) is 3.11. The lowest BCUT2D eigenvalue weighted by Gasteiger charge is -2.23. The topological polar surface area (TPSA) is 15.3 Å². The standard InChI is InChI=1S/C14H21ClN2/c1-3-9-17(2)14-6-4-5-13(15)12(14)10-16-11-7-8-11/h4-6,11,16H,3,7-10H2,1-2H3. The molecule has 0 spiro atoms. The van der Waals surface area contributed by atoms with Gasteiger partial charge in [0.25, 0.3) is 0 Å². The van der Waals surface area contributed by atoms with Crippen molar-refractivity contribution in [2.45, 2.75) is 38.8 Å². The van der Waals surface area contributed by atoms with Crippen molar-refractivity contribution in [2.75, 3.05) is 18.5 Å². The summed E-state index contributed by atoms with van der Waals surface area (Å²) < 4.78 is 0. The Balaban J connectivity index is 2.13. The number of anilines is 1. The molecule has 2 nitrogen and oxygen atoms in total. The van der Waals surface area contributed by atoms with Crippen molar-refractivity contribution in [1.82, 2.24) is 5.32 Å². The van der Waals surface area contributed by atoms with E-state index in [2.05, 4.69) is 30.3 Å². The molecular weight excluding hydrogens is 232 g/mol. The number of hydrogen-bond acceptors (Lipinski definition) is 2. The second kappa shape index (κ2) is 5.74. The summed E-state index contributed by atoms with van der Waals surface area (Å²) in [5, 5.41) is 4.41. The van der Waals surface area contributed by atoms with E-state index in [1.54, 1.807) is 0 Å². The van der Waals surface area contributed by atoms with E-state index in [-0.39, 0.29) is 0 Å². The molecule has 0 bridgehead atoms. The van der Waals surface area contributed by atoms with E-state index in [9.17, 15) is 0 Å². The van der Waals surface area contributed by atoms with Crippen LogP contribution < -0.4 is 10.2 Å². The fraction of sp³-hybridized carbons (Fsp3) is 0.571. The van der Waals surface area contributed by atoms with E-state index in [0.29, 0.717) is 0 Å². The number of nitrogens with zero attached hydrogens (tertiary/aromatic N) is 1. The fourth-order valence-electron chi connectivity index (χ4n) is 2.07. The molecule has 1 fully saturated rings. The smallest absolute Gasteiger partial charge is 0.0471 e. The molecule has 0 unspecified atom stereocenters. The number of hydrogen-bond donors (Lipinski definition) is 1. The normalized spacial score (nSPS) is 15.0. The summed E-state index contributed by atoms with van der Waals surface area (Å²) >= 11 is 6.31. The van der Waals surface area contributed by atoms with Crippen LogP contribution in [-0.4, -0.2) is 19.6 Å². The van der Waals surface area contributed by atoms with Gasteiger partial charge in [-0.3, -0.25) is 0 Å². The Morgan fingerprint density at radius 3 is 2.82 bits per heavy atom. The monoisotopic (exact) mass is 252 g/mol. The van der Waals surface area contributed by atoms with Crippen molar-refractivity contribution in [1.29, 1.82) is 0 Å². The van der Waals surface area contributed by atoms with Crippen LogP contribution >= 0.6 is 11.6 Å². The molecule has 0 saturated heterocycles. The molecule has 1 aliphatic rings. The van der Waals surface area contributed by atoms with Crippen LogP contribution in [0.2, 0.25) is 5.02 Å². The van der Waals surface area contributed by atoms with E-state index in [0.717, 1.165) is 30.6 Å². The Kier molecular flexibility index (Phi) is 4.30. The SMILES string of the molecule is CCCN(C)c1cccc(Cl)c1CNC1CC1. The zero-order valence-electron chi connectivity index (χ0n) is 10.7. The molecule has 3 heteroatoms. The Hall–Kier alpha value is -0.730. The Labute approximate surface area is 109 Å². The summed E-state index contributed by atoms with van der Waals surface area (Å²) in [6.45, 7) is 4.15. The average molecular weight is 253 g/mol. The van der Waals surface area contributed by atoms with Crippen molar-refractivity contribution >= 4 is 17.3 Å². The highest BCUT2D eigenvalue weighted by Gasteiger charge is 2.21. The first-order valence-electron chi connectivity index (χ1n) is 6.44. The maximum atomic E-state index is 6.31. The van der Waals surface area contributed by atoms with E-state index in [1.807, 2.05) is 12.1 Å². The van der Waals surface area contributed by atoms with Crippen LogP contribution in [0.25, 0.3) is 0 Å². The Morgan fingerprint density at radius 2 is 2.18 bits per heavy atom. The van der Waals surface area contributed by atoms with Gasteiger partial charge in [0.1, 0.15) is 0 Å². The van der Waals surface area contributed by atoms with E-state index in [1.165, 1.54) is 24.1 Å². The van der Waals surface area contributed by atoms with Gasteiger partial charge in [0.2, 0.25) is 0 Å².